The van der Waals surface area contributed by atoms with Crippen molar-refractivity contribution in [3.8, 4) is 0 Å². The van der Waals surface area contributed by atoms with Gasteiger partial charge in [-0.25, -0.2) is 0 Å². The Labute approximate surface area is 94.7 Å². The van der Waals surface area contributed by atoms with E-state index in [1.165, 1.54) is 6.42 Å². The van der Waals surface area contributed by atoms with E-state index in [-0.39, 0.29) is 0 Å². The van der Waals surface area contributed by atoms with Gasteiger partial charge in [0.05, 0.1) is 0 Å². The zero-order valence-electron chi connectivity index (χ0n) is 8.85. The van der Waals surface area contributed by atoms with Gasteiger partial charge in [-0.2, -0.15) is 11.8 Å². The van der Waals surface area contributed by atoms with Gasteiger partial charge in [-0.15, -0.1) is 0 Å². The van der Waals surface area contributed by atoms with Gasteiger partial charge in [0.1, 0.15) is 0 Å². The van der Waals surface area contributed by atoms with E-state index in [0.29, 0.717) is 5.25 Å². The molecule has 2 rings (SSSR count). The van der Waals surface area contributed by atoms with Gasteiger partial charge in [-0.05, 0) is 24.8 Å². The van der Waals surface area contributed by atoms with E-state index in [1.54, 1.807) is 0 Å². The fourth-order valence-electron chi connectivity index (χ4n) is 2.01. The first-order valence-corrected chi connectivity index (χ1v) is 6.46. The van der Waals surface area contributed by atoms with Crippen LogP contribution < -0.4 is 4.90 Å². The molecule has 1 fully saturated rings. The summed E-state index contributed by atoms with van der Waals surface area (Å²) in [5.41, 5.74) is 1.89. The molecule has 80 valence electrons. The number of thioether (sulfide) groups is 1. The number of para-hydroxylation sites is 1. The molecular formula is C12H15NOS. The molecule has 1 saturated heterocycles. The van der Waals surface area contributed by atoms with Crippen LogP contribution in [0, 0.1) is 0 Å². The summed E-state index contributed by atoms with van der Waals surface area (Å²) in [5.74, 6) is 0. The summed E-state index contributed by atoms with van der Waals surface area (Å²) in [4.78, 5) is 13.2. The average Bonchev–Trinajstić information content (AvgIpc) is 2.77. The average molecular weight is 221 g/mol. The second-order valence-electron chi connectivity index (χ2n) is 3.77. The molecule has 1 aliphatic heterocycles. The van der Waals surface area contributed by atoms with Gasteiger partial charge in [0.2, 0.25) is 0 Å². The van der Waals surface area contributed by atoms with Crippen molar-refractivity contribution in [1.29, 1.82) is 0 Å². The van der Waals surface area contributed by atoms with E-state index in [1.807, 2.05) is 36.0 Å². The number of nitrogens with zero attached hydrogens (tertiary/aromatic N) is 1. The van der Waals surface area contributed by atoms with Crippen molar-refractivity contribution < 1.29 is 4.79 Å². The maximum Gasteiger partial charge on any atom is 0.152 e. The zero-order chi connectivity index (χ0) is 10.7. The first kappa shape index (κ1) is 10.6. The zero-order valence-corrected chi connectivity index (χ0v) is 9.67. The Kier molecular flexibility index (Phi) is 3.31. The van der Waals surface area contributed by atoms with Crippen molar-refractivity contribution in [3.05, 3.63) is 29.8 Å². The fraction of sp³-hybridized carbons (Fsp3) is 0.417. The lowest BCUT2D eigenvalue weighted by Crippen LogP contribution is -2.21. The van der Waals surface area contributed by atoms with E-state index < -0.39 is 0 Å². The molecule has 3 heteroatoms. The Morgan fingerprint density at radius 2 is 2.27 bits per heavy atom. The second-order valence-corrected chi connectivity index (χ2v) is 4.91. The number of hydrogen-bond donors (Lipinski definition) is 0. The number of hydrogen-bond acceptors (Lipinski definition) is 3. The maximum absolute atomic E-state index is 10.9. The number of carbonyl (C=O) groups is 1. The molecule has 1 atom stereocenters. The number of rotatable bonds is 3. The molecule has 1 aliphatic rings. The molecule has 1 heterocycles. The van der Waals surface area contributed by atoms with Gasteiger partial charge in [0, 0.05) is 29.6 Å². The lowest BCUT2D eigenvalue weighted by Gasteiger charge is -2.19. The highest BCUT2D eigenvalue weighted by molar-refractivity contribution is 7.99. The molecule has 1 aromatic rings. The molecule has 0 aromatic heterocycles. The van der Waals surface area contributed by atoms with Crippen molar-refractivity contribution in [2.24, 2.45) is 0 Å². The van der Waals surface area contributed by atoms with Gasteiger partial charge >= 0.3 is 0 Å². The van der Waals surface area contributed by atoms with E-state index in [0.717, 1.165) is 30.6 Å². The Morgan fingerprint density at radius 1 is 1.47 bits per heavy atom. The van der Waals surface area contributed by atoms with E-state index in [9.17, 15) is 4.79 Å². The Balaban J connectivity index is 2.19. The first-order valence-electron chi connectivity index (χ1n) is 5.17. The SMILES string of the molecule is CSC1CCN(c2ccccc2C=O)C1. The number of carbonyl (C=O) groups excluding carboxylic acids is 1. The van der Waals surface area contributed by atoms with Crippen LogP contribution in [0.5, 0.6) is 0 Å². The topological polar surface area (TPSA) is 20.3 Å². The first-order chi connectivity index (χ1) is 7.35. The molecule has 0 spiro atoms. The number of aldehydes is 1. The van der Waals surface area contributed by atoms with Crippen molar-refractivity contribution in [2.45, 2.75) is 11.7 Å². The van der Waals surface area contributed by atoms with Crippen LogP contribution in [0.1, 0.15) is 16.8 Å². The quantitative estimate of drug-likeness (QED) is 0.731. The van der Waals surface area contributed by atoms with Crippen LogP contribution in [0.25, 0.3) is 0 Å². The molecule has 15 heavy (non-hydrogen) atoms. The largest absolute Gasteiger partial charge is 0.370 e. The third-order valence-corrected chi connectivity index (χ3v) is 3.93. The molecule has 0 aliphatic carbocycles. The molecule has 1 unspecified atom stereocenters. The Morgan fingerprint density at radius 3 is 2.93 bits per heavy atom. The monoisotopic (exact) mass is 221 g/mol. The van der Waals surface area contributed by atoms with Crippen LogP contribution in [0.15, 0.2) is 24.3 Å². The molecule has 0 radical (unpaired) electrons. The van der Waals surface area contributed by atoms with Gasteiger partial charge in [0.15, 0.2) is 6.29 Å². The molecule has 0 N–H and O–H groups in total. The highest BCUT2D eigenvalue weighted by Gasteiger charge is 2.22. The summed E-state index contributed by atoms with van der Waals surface area (Å²) in [6, 6.07) is 7.82. The smallest absolute Gasteiger partial charge is 0.152 e. The predicted molar refractivity (Wildman–Crippen MR) is 66.0 cm³/mol. The van der Waals surface area contributed by atoms with E-state index in [4.69, 9.17) is 0 Å². The van der Waals surface area contributed by atoms with Gasteiger partial charge < -0.3 is 4.90 Å². The fourth-order valence-corrected chi connectivity index (χ4v) is 2.68. The second kappa shape index (κ2) is 4.71. The van der Waals surface area contributed by atoms with Crippen molar-refractivity contribution >= 4 is 23.7 Å². The molecule has 0 saturated carbocycles. The highest BCUT2D eigenvalue weighted by Crippen LogP contribution is 2.27. The molecule has 2 nitrogen and oxygen atoms in total. The molecular weight excluding hydrogens is 206 g/mol. The summed E-state index contributed by atoms with van der Waals surface area (Å²) < 4.78 is 0. The highest BCUT2D eigenvalue weighted by atomic mass is 32.2. The lowest BCUT2D eigenvalue weighted by molar-refractivity contribution is 0.112. The van der Waals surface area contributed by atoms with Crippen molar-refractivity contribution in [2.75, 3.05) is 24.2 Å². The van der Waals surface area contributed by atoms with Crippen LogP contribution in [-0.2, 0) is 0 Å². The minimum atomic E-state index is 0.713. The minimum absolute atomic E-state index is 0.713. The van der Waals surface area contributed by atoms with Gasteiger partial charge in [0.25, 0.3) is 0 Å². The summed E-state index contributed by atoms with van der Waals surface area (Å²) in [6.45, 7) is 2.13. The Bertz CT molecular complexity index is 353. The number of benzene rings is 1. The third kappa shape index (κ3) is 2.17. The molecule has 1 aromatic carbocycles. The third-order valence-electron chi connectivity index (χ3n) is 2.88. The van der Waals surface area contributed by atoms with E-state index in [2.05, 4.69) is 11.2 Å². The summed E-state index contributed by atoms with van der Waals surface area (Å²) in [5, 5.41) is 0.713. The van der Waals surface area contributed by atoms with Gasteiger partial charge in [-0.1, -0.05) is 12.1 Å². The van der Waals surface area contributed by atoms with Crippen LogP contribution in [-0.4, -0.2) is 30.9 Å². The van der Waals surface area contributed by atoms with Crippen LogP contribution in [0.3, 0.4) is 0 Å². The summed E-state index contributed by atoms with van der Waals surface area (Å²) in [7, 11) is 0. The van der Waals surface area contributed by atoms with Crippen molar-refractivity contribution in [3.63, 3.8) is 0 Å². The normalized spacial score (nSPS) is 20.6. The van der Waals surface area contributed by atoms with Crippen LogP contribution in [0.4, 0.5) is 5.69 Å². The van der Waals surface area contributed by atoms with Crippen LogP contribution in [0.2, 0.25) is 0 Å². The standard InChI is InChI=1S/C12H15NOS/c1-15-11-6-7-13(8-11)12-5-3-2-4-10(12)9-14/h2-5,9,11H,6-8H2,1H3. The lowest BCUT2D eigenvalue weighted by atomic mass is 10.2. The van der Waals surface area contributed by atoms with Crippen molar-refractivity contribution in [1.82, 2.24) is 0 Å². The molecule has 0 bridgehead atoms. The van der Waals surface area contributed by atoms with Gasteiger partial charge in [-0.3, -0.25) is 4.79 Å². The molecule has 0 amide bonds. The van der Waals surface area contributed by atoms with Crippen LogP contribution >= 0.6 is 11.8 Å². The minimum Gasteiger partial charge on any atom is -0.370 e. The summed E-state index contributed by atoms with van der Waals surface area (Å²) in [6.07, 6.45) is 4.32. The number of anilines is 1. The Hall–Kier alpha value is -0.960. The maximum atomic E-state index is 10.9. The summed E-state index contributed by atoms with van der Waals surface area (Å²) >= 11 is 1.91. The van der Waals surface area contributed by atoms with E-state index >= 15 is 0 Å². The predicted octanol–water partition coefficient (Wildman–Crippen LogP) is 2.44.